The molecule has 1 aromatic heterocycles. The van der Waals surface area contributed by atoms with E-state index in [1.165, 1.54) is 18.3 Å². The fourth-order valence-electron chi connectivity index (χ4n) is 1.50. The molecule has 0 bridgehead atoms. The number of hydrogen-bond acceptors (Lipinski definition) is 2. The number of rotatable bonds is 2. The molecule has 2 N–H and O–H groups in total. The van der Waals surface area contributed by atoms with Gasteiger partial charge < -0.3 is 5.73 Å². The highest BCUT2D eigenvalue weighted by Crippen LogP contribution is 2.21. The lowest BCUT2D eigenvalue weighted by Crippen LogP contribution is -1.99. The molecule has 2 rings (SSSR count). The van der Waals surface area contributed by atoms with Crippen LogP contribution in [0.3, 0.4) is 0 Å². The van der Waals surface area contributed by atoms with Crippen LogP contribution in [0, 0.1) is 5.82 Å². The largest absolute Gasteiger partial charge is 0.383 e. The molecule has 1 heterocycles. The summed E-state index contributed by atoms with van der Waals surface area (Å²) in [5.41, 5.74) is 7.25. The van der Waals surface area contributed by atoms with Gasteiger partial charge in [0.2, 0.25) is 0 Å². The lowest BCUT2D eigenvalue weighted by molar-refractivity contribution is 0.626. The first-order valence-corrected chi connectivity index (χ1v) is 5.65. The van der Waals surface area contributed by atoms with Crippen LogP contribution in [0.1, 0.15) is 11.1 Å². The van der Waals surface area contributed by atoms with Crippen LogP contribution in [0.15, 0.2) is 30.5 Å². The van der Waals surface area contributed by atoms with Crippen LogP contribution >= 0.6 is 23.2 Å². The highest BCUT2D eigenvalue weighted by molar-refractivity contribution is 6.31. The first-order chi connectivity index (χ1) is 8.06. The molecule has 0 radical (unpaired) electrons. The second-order valence-corrected chi connectivity index (χ2v) is 4.47. The number of nitrogens with two attached hydrogens (primary N) is 1. The van der Waals surface area contributed by atoms with Crippen molar-refractivity contribution in [1.29, 1.82) is 0 Å². The minimum Gasteiger partial charge on any atom is -0.383 e. The Morgan fingerprint density at radius 2 is 2.00 bits per heavy atom. The Bertz CT molecular complexity index is 558. The fraction of sp³-hybridized carbons (Fsp3) is 0.0833. The summed E-state index contributed by atoms with van der Waals surface area (Å²) < 4.78 is 13.3. The fourth-order valence-corrected chi connectivity index (χ4v) is 1.80. The van der Waals surface area contributed by atoms with E-state index in [9.17, 15) is 4.39 Å². The van der Waals surface area contributed by atoms with Crippen molar-refractivity contribution in [2.75, 3.05) is 5.73 Å². The molecule has 88 valence electrons. The number of anilines is 1. The van der Waals surface area contributed by atoms with Crippen LogP contribution in [-0.2, 0) is 6.42 Å². The minimum absolute atomic E-state index is 0.103. The summed E-state index contributed by atoms with van der Waals surface area (Å²) in [6.45, 7) is 0. The minimum atomic E-state index is -0.447. The van der Waals surface area contributed by atoms with E-state index in [4.69, 9.17) is 28.9 Å². The Morgan fingerprint density at radius 3 is 2.71 bits per heavy atom. The number of nitrogen functional groups attached to an aromatic ring is 1. The van der Waals surface area contributed by atoms with E-state index in [1.807, 2.05) is 0 Å². The molecule has 0 aliphatic rings. The summed E-state index contributed by atoms with van der Waals surface area (Å²) in [6.07, 6.45) is 1.94. The lowest BCUT2D eigenvalue weighted by Gasteiger charge is -2.06. The van der Waals surface area contributed by atoms with E-state index in [1.54, 1.807) is 12.1 Å². The maximum atomic E-state index is 13.3. The van der Waals surface area contributed by atoms with Crippen molar-refractivity contribution in [2.24, 2.45) is 0 Å². The normalized spacial score (nSPS) is 10.5. The molecule has 0 unspecified atom stereocenters. The second kappa shape index (κ2) is 4.90. The third-order valence-electron chi connectivity index (χ3n) is 2.35. The number of halogens is 3. The molecule has 0 saturated carbocycles. The molecule has 0 amide bonds. The number of benzene rings is 1. The number of nitrogens with zero attached hydrogens (tertiary/aromatic N) is 1. The van der Waals surface area contributed by atoms with Gasteiger partial charge in [0, 0.05) is 18.2 Å². The number of pyridine rings is 1. The van der Waals surface area contributed by atoms with Crippen molar-refractivity contribution in [3.8, 4) is 0 Å². The van der Waals surface area contributed by atoms with Gasteiger partial charge in [-0.15, -0.1) is 0 Å². The summed E-state index contributed by atoms with van der Waals surface area (Å²) in [4.78, 5) is 3.94. The maximum absolute atomic E-state index is 13.3. The van der Waals surface area contributed by atoms with Crippen molar-refractivity contribution in [3.05, 3.63) is 57.5 Å². The van der Waals surface area contributed by atoms with Gasteiger partial charge in [0.15, 0.2) is 0 Å². The molecular formula is C12H9Cl2FN2. The van der Waals surface area contributed by atoms with E-state index in [0.717, 1.165) is 11.1 Å². The van der Waals surface area contributed by atoms with Gasteiger partial charge in [-0.05, 0) is 23.8 Å². The van der Waals surface area contributed by atoms with Crippen LogP contribution < -0.4 is 5.73 Å². The van der Waals surface area contributed by atoms with Gasteiger partial charge in [0.25, 0.3) is 0 Å². The Labute approximate surface area is 108 Å². The summed E-state index contributed by atoms with van der Waals surface area (Å²) in [7, 11) is 0. The predicted molar refractivity (Wildman–Crippen MR) is 67.9 cm³/mol. The van der Waals surface area contributed by atoms with Gasteiger partial charge in [-0.3, -0.25) is 0 Å². The van der Waals surface area contributed by atoms with Crippen molar-refractivity contribution in [3.63, 3.8) is 0 Å². The molecule has 0 aliphatic carbocycles. The SMILES string of the molecule is Nc1ncc(Cl)cc1Cc1ccc(Cl)c(F)c1. The zero-order valence-electron chi connectivity index (χ0n) is 8.75. The smallest absolute Gasteiger partial charge is 0.142 e. The maximum Gasteiger partial charge on any atom is 0.142 e. The van der Waals surface area contributed by atoms with E-state index in [0.29, 0.717) is 17.3 Å². The van der Waals surface area contributed by atoms with E-state index in [2.05, 4.69) is 4.98 Å². The molecule has 0 aliphatic heterocycles. The molecule has 2 nitrogen and oxygen atoms in total. The second-order valence-electron chi connectivity index (χ2n) is 3.62. The van der Waals surface area contributed by atoms with Gasteiger partial charge in [-0.25, -0.2) is 9.37 Å². The van der Waals surface area contributed by atoms with Gasteiger partial charge in [0.05, 0.1) is 10.0 Å². The van der Waals surface area contributed by atoms with Crippen LogP contribution in [0.25, 0.3) is 0 Å². The Morgan fingerprint density at radius 1 is 1.24 bits per heavy atom. The van der Waals surface area contributed by atoms with Gasteiger partial charge >= 0.3 is 0 Å². The van der Waals surface area contributed by atoms with Crippen molar-refractivity contribution in [1.82, 2.24) is 4.98 Å². The van der Waals surface area contributed by atoms with Crippen LogP contribution in [0.5, 0.6) is 0 Å². The van der Waals surface area contributed by atoms with Crippen molar-refractivity contribution in [2.45, 2.75) is 6.42 Å². The Kier molecular flexibility index (Phi) is 3.50. The molecule has 17 heavy (non-hydrogen) atoms. The highest BCUT2D eigenvalue weighted by Gasteiger charge is 2.06. The third kappa shape index (κ3) is 2.87. The summed E-state index contributed by atoms with van der Waals surface area (Å²) in [6, 6.07) is 6.35. The molecular weight excluding hydrogens is 262 g/mol. The number of aromatic nitrogens is 1. The average Bonchev–Trinajstić information content (AvgIpc) is 2.29. The van der Waals surface area contributed by atoms with Crippen molar-refractivity contribution >= 4 is 29.0 Å². The van der Waals surface area contributed by atoms with E-state index >= 15 is 0 Å². The molecule has 2 aromatic rings. The predicted octanol–water partition coefficient (Wildman–Crippen LogP) is 3.70. The Balaban J connectivity index is 2.31. The summed E-state index contributed by atoms with van der Waals surface area (Å²) >= 11 is 11.4. The van der Waals surface area contributed by atoms with Gasteiger partial charge in [-0.2, -0.15) is 0 Å². The Hall–Kier alpha value is -1.32. The quantitative estimate of drug-likeness (QED) is 0.904. The topological polar surface area (TPSA) is 38.9 Å². The zero-order chi connectivity index (χ0) is 12.4. The average molecular weight is 271 g/mol. The van der Waals surface area contributed by atoms with Crippen LogP contribution in [-0.4, -0.2) is 4.98 Å². The number of hydrogen-bond donors (Lipinski definition) is 1. The highest BCUT2D eigenvalue weighted by atomic mass is 35.5. The molecule has 0 spiro atoms. The van der Waals surface area contributed by atoms with Gasteiger partial charge in [-0.1, -0.05) is 29.3 Å². The molecule has 0 saturated heterocycles. The molecule has 1 aromatic carbocycles. The van der Waals surface area contributed by atoms with Crippen molar-refractivity contribution < 1.29 is 4.39 Å². The van der Waals surface area contributed by atoms with E-state index < -0.39 is 5.82 Å². The summed E-state index contributed by atoms with van der Waals surface area (Å²) in [5.74, 6) is -0.0533. The lowest BCUT2D eigenvalue weighted by atomic mass is 10.1. The standard InChI is InChI=1S/C12H9Cl2FN2/c13-9-5-8(12(16)17-6-9)3-7-1-2-10(14)11(15)4-7/h1-2,4-6H,3H2,(H2,16,17). The third-order valence-corrected chi connectivity index (χ3v) is 2.86. The van der Waals surface area contributed by atoms with Gasteiger partial charge in [0.1, 0.15) is 11.6 Å². The molecule has 0 atom stereocenters. The monoisotopic (exact) mass is 270 g/mol. The van der Waals surface area contributed by atoms with Crippen LogP contribution in [0.2, 0.25) is 10.0 Å². The molecule has 5 heteroatoms. The first kappa shape index (κ1) is 12.1. The van der Waals surface area contributed by atoms with Crippen LogP contribution in [0.4, 0.5) is 10.2 Å². The first-order valence-electron chi connectivity index (χ1n) is 4.90. The van der Waals surface area contributed by atoms with E-state index in [-0.39, 0.29) is 5.02 Å². The zero-order valence-corrected chi connectivity index (χ0v) is 10.3. The molecule has 0 fully saturated rings. The summed E-state index contributed by atoms with van der Waals surface area (Å²) in [5, 5.41) is 0.606.